The van der Waals surface area contributed by atoms with E-state index < -0.39 is 0 Å². The number of nitrogens with zero attached hydrogens (tertiary/aromatic N) is 3. The summed E-state index contributed by atoms with van der Waals surface area (Å²) in [6.07, 6.45) is 0. The van der Waals surface area contributed by atoms with Crippen molar-refractivity contribution in [2.75, 3.05) is 18.0 Å². The van der Waals surface area contributed by atoms with Crippen LogP contribution in [0.1, 0.15) is 31.3 Å². The van der Waals surface area contributed by atoms with Crippen molar-refractivity contribution in [3.8, 4) is 0 Å². The number of hydrogen-bond acceptors (Lipinski definition) is 5. The van der Waals surface area contributed by atoms with Gasteiger partial charge in [0, 0.05) is 13.1 Å². The molecule has 5 nitrogen and oxygen atoms in total. The Hall–Kier alpha value is -1.88. The van der Waals surface area contributed by atoms with Crippen LogP contribution in [0, 0.1) is 0 Å². The van der Waals surface area contributed by atoms with Crippen LogP contribution in [0.4, 0.5) is 5.95 Å². The van der Waals surface area contributed by atoms with E-state index in [-0.39, 0.29) is 6.04 Å². The van der Waals surface area contributed by atoms with Crippen molar-refractivity contribution >= 4 is 5.95 Å². The third-order valence-corrected chi connectivity index (χ3v) is 2.90. The number of hydrogen-bond donors (Lipinski definition) is 1. The first kappa shape index (κ1) is 12.6. The Morgan fingerprint density at radius 2 is 1.89 bits per heavy atom. The summed E-state index contributed by atoms with van der Waals surface area (Å²) in [4.78, 5) is 6.37. The first-order valence-electron chi connectivity index (χ1n) is 6.15. The SMILES string of the molecule is CCN(CC)c1noc(C(N)c2ccccc2)n1. The minimum atomic E-state index is -0.372. The van der Waals surface area contributed by atoms with Gasteiger partial charge in [-0.15, -0.1) is 0 Å². The molecule has 0 bridgehead atoms. The summed E-state index contributed by atoms with van der Waals surface area (Å²) < 4.78 is 5.24. The van der Waals surface area contributed by atoms with E-state index >= 15 is 0 Å². The number of rotatable bonds is 5. The maximum absolute atomic E-state index is 6.10. The molecule has 1 aromatic carbocycles. The van der Waals surface area contributed by atoms with Gasteiger partial charge in [-0.25, -0.2) is 0 Å². The Bertz CT molecular complexity index is 479. The van der Waals surface area contributed by atoms with Crippen LogP contribution in [0.2, 0.25) is 0 Å². The van der Waals surface area contributed by atoms with Crippen molar-refractivity contribution in [3.63, 3.8) is 0 Å². The molecule has 0 fully saturated rings. The van der Waals surface area contributed by atoms with E-state index in [0.29, 0.717) is 11.8 Å². The molecule has 5 heteroatoms. The van der Waals surface area contributed by atoms with E-state index in [4.69, 9.17) is 10.3 Å². The predicted molar refractivity (Wildman–Crippen MR) is 70.3 cm³/mol. The van der Waals surface area contributed by atoms with Gasteiger partial charge in [-0.3, -0.25) is 0 Å². The third kappa shape index (κ3) is 2.51. The molecule has 1 atom stereocenters. The van der Waals surface area contributed by atoms with Crippen molar-refractivity contribution in [2.45, 2.75) is 19.9 Å². The molecule has 0 saturated heterocycles. The molecule has 0 saturated carbocycles. The average molecular weight is 246 g/mol. The van der Waals surface area contributed by atoms with Crippen LogP contribution >= 0.6 is 0 Å². The maximum Gasteiger partial charge on any atom is 0.266 e. The molecule has 1 aromatic heterocycles. The van der Waals surface area contributed by atoms with Crippen LogP contribution in [0.5, 0.6) is 0 Å². The molecule has 18 heavy (non-hydrogen) atoms. The fourth-order valence-electron chi connectivity index (χ4n) is 1.79. The maximum atomic E-state index is 6.10. The molecule has 0 radical (unpaired) electrons. The predicted octanol–water partition coefficient (Wildman–Crippen LogP) is 1.96. The summed E-state index contributed by atoms with van der Waals surface area (Å²) in [6.45, 7) is 5.79. The van der Waals surface area contributed by atoms with E-state index in [0.717, 1.165) is 18.7 Å². The lowest BCUT2D eigenvalue weighted by Crippen LogP contribution is -2.23. The van der Waals surface area contributed by atoms with Crippen molar-refractivity contribution < 1.29 is 4.52 Å². The van der Waals surface area contributed by atoms with Gasteiger partial charge in [0.2, 0.25) is 5.89 Å². The van der Waals surface area contributed by atoms with E-state index in [1.807, 2.05) is 35.2 Å². The lowest BCUT2D eigenvalue weighted by atomic mass is 10.1. The van der Waals surface area contributed by atoms with Gasteiger partial charge in [0.25, 0.3) is 5.95 Å². The second-order valence-corrected chi connectivity index (χ2v) is 3.99. The molecule has 0 amide bonds. The Balaban J connectivity index is 2.20. The largest absolute Gasteiger partial charge is 0.339 e. The summed E-state index contributed by atoms with van der Waals surface area (Å²) in [7, 11) is 0. The fraction of sp³-hybridized carbons (Fsp3) is 0.385. The zero-order valence-corrected chi connectivity index (χ0v) is 10.7. The number of aromatic nitrogens is 2. The van der Waals surface area contributed by atoms with Gasteiger partial charge in [-0.1, -0.05) is 30.3 Å². The summed E-state index contributed by atoms with van der Waals surface area (Å²) in [5.41, 5.74) is 7.06. The van der Waals surface area contributed by atoms with Gasteiger partial charge in [0.15, 0.2) is 0 Å². The highest BCUT2D eigenvalue weighted by Crippen LogP contribution is 2.19. The highest BCUT2D eigenvalue weighted by Gasteiger charge is 2.18. The van der Waals surface area contributed by atoms with Gasteiger partial charge >= 0.3 is 0 Å². The Kier molecular flexibility index (Phi) is 3.94. The number of anilines is 1. The van der Waals surface area contributed by atoms with E-state index in [2.05, 4.69) is 24.0 Å². The molecule has 2 aromatic rings. The highest BCUT2D eigenvalue weighted by atomic mass is 16.5. The standard InChI is InChI=1S/C13H18N4O/c1-3-17(4-2)13-15-12(18-16-13)11(14)10-8-6-5-7-9-10/h5-9,11H,3-4,14H2,1-2H3. The molecule has 1 heterocycles. The Labute approximate surface area is 107 Å². The normalized spacial score (nSPS) is 12.4. The second kappa shape index (κ2) is 5.64. The van der Waals surface area contributed by atoms with E-state index in [9.17, 15) is 0 Å². The van der Waals surface area contributed by atoms with Crippen LogP contribution in [0.25, 0.3) is 0 Å². The molecule has 2 rings (SSSR count). The first-order valence-corrected chi connectivity index (χ1v) is 6.15. The fourth-order valence-corrected chi connectivity index (χ4v) is 1.79. The van der Waals surface area contributed by atoms with Crippen molar-refractivity contribution in [2.24, 2.45) is 5.73 Å². The molecule has 0 spiro atoms. The van der Waals surface area contributed by atoms with E-state index in [1.54, 1.807) is 0 Å². The minimum absolute atomic E-state index is 0.372. The molecule has 2 N–H and O–H groups in total. The molecule has 0 aliphatic carbocycles. The van der Waals surface area contributed by atoms with Gasteiger partial charge in [-0.05, 0) is 24.6 Å². The molecular weight excluding hydrogens is 228 g/mol. The van der Waals surface area contributed by atoms with Gasteiger partial charge in [0.05, 0.1) is 0 Å². The zero-order valence-electron chi connectivity index (χ0n) is 10.7. The van der Waals surface area contributed by atoms with E-state index in [1.165, 1.54) is 0 Å². The number of nitrogens with two attached hydrogens (primary N) is 1. The van der Waals surface area contributed by atoms with Gasteiger partial charge in [0.1, 0.15) is 6.04 Å². The first-order chi connectivity index (χ1) is 8.76. The van der Waals surface area contributed by atoms with Crippen LogP contribution in [0.3, 0.4) is 0 Å². The summed E-state index contributed by atoms with van der Waals surface area (Å²) in [5, 5.41) is 3.96. The van der Waals surface area contributed by atoms with Crippen LogP contribution in [-0.2, 0) is 0 Å². The van der Waals surface area contributed by atoms with Crippen molar-refractivity contribution in [1.82, 2.24) is 10.1 Å². The molecular formula is C13H18N4O. The molecule has 1 unspecified atom stereocenters. The lowest BCUT2D eigenvalue weighted by molar-refractivity contribution is 0.366. The van der Waals surface area contributed by atoms with Crippen LogP contribution < -0.4 is 10.6 Å². The van der Waals surface area contributed by atoms with Crippen molar-refractivity contribution in [3.05, 3.63) is 41.8 Å². The third-order valence-electron chi connectivity index (χ3n) is 2.90. The van der Waals surface area contributed by atoms with Crippen LogP contribution in [0.15, 0.2) is 34.9 Å². The van der Waals surface area contributed by atoms with Gasteiger partial charge in [-0.2, -0.15) is 4.98 Å². The lowest BCUT2D eigenvalue weighted by Gasteiger charge is -2.14. The zero-order chi connectivity index (χ0) is 13.0. The second-order valence-electron chi connectivity index (χ2n) is 3.99. The summed E-state index contributed by atoms with van der Waals surface area (Å²) in [6, 6.07) is 9.36. The molecule has 0 aliphatic rings. The molecule has 96 valence electrons. The average Bonchev–Trinajstić information content (AvgIpc) is 2.90. The van der Waals surface area contributed by atoms with Gasteiger partial charge < -0.3 is 15.2 Å². The smallest absolute Gasteiger partial charge is 0.266 e. The minimum Gasteiger partial charge on any atom is -0.339 e. The summed E-state index contributed by atoms with van der Waals surface area (Å²) in [5.74, 6) is 1.05. The molecule has 0 aliphatic heterocycles. The quantitative estimate of drug-likeness (QED) is 0.873. The van der Waals surface area contributed by atoms with Crippen LogP contribution in [-0.4, -0.2) is 23.2 Å². The Morgan fingerprint density at radius 3 is 2.50 bits per heavy atom. The monoisotopic (exact) mass is 246 g/mol. The Morgan fingerprint density at radius 1 is 1.22 bits per heavy atom. The topological polar surface area (TPSA) is 68.2 Å². The summed E-state index contributed by atoms with van der Waals surface area (Å²) >= 11 is 0. The highest BCUT2D eigenvalue weighted by molar-refractivity contribution is 5.30. The van der Waals surface area contributed by atoms with Crippen molar-refractivity contribution in [1.29, 1.82) is 0 Å². The number of benzene rings is 1.